The van der Waals surface area contributed by atoms with Gasteiger partial charge in [-0.05, 0) is 24.1 Å². The van der Waals surface area contributed by atoms with Crippen LogP contribution in [0.1, 0.15) is 25.3 Å². The summed E-state index contributed by atoms with van der Waals surface area (Å²) in [6, 6.07) is 7.25. The van der Waals surface area contributed by atoms with Gasteiger partial charge in [0.25, 0.3) is 0 Å². The van der Waals surface area contributed by atoms with Crippen LogP contribution in [-0.4, -0.2) is 30.5 Å². The lowest BCUT2D eigenvalue weighted by atomic mass is 10.1. The molecule has 1 unspecified atom stereocenters. The third-order valence-electron chi connectivity index (χ3n) is 3.11. The third-order valence-corrected chi connectivity index (χ3v) is 3.11. The van der Waals surface area contributed by atoms with Gasteiger partial charge in [-0.25, -0.2) is 0 Å². The van der Waals surface area contributed by atoms with Gasteiger partial charge in [-0.1, -0.05) is 31.6 Å². The lowest BCUT2D eigenvalue weighted by Gasteiger charge is -2.24. The van der Waals surface area contributed by atoms with Crippen LogP contribution in [0.5, 0.6) is 5.75 Å². The van der Waals surface area contributed by atoms with Gasteiger partial charge in [0.15, 0.2) is 0 Å². The van der Waals surface area contributed by atoms with Crippen molar-refractivity contribution < 1.29 is 9.53 Å². The maximum atomic E-state index is 12.3. The maximum absolute atomic E-state index is 12.3. The van der Waals surface area contributed by atoms with Gasteiger partial charge >= 0.3 is 0 Å². The highest BCUT2D eigenvalue weighted by Gasteiger charge is 2.19. The first-order valence-electron chi connectivity index (χ1n) is 6.90. The molecule has 0 aliphatic carbocycles. The van der Waals surface area contributed by atoms with Gasteiger partial charge in [0.1, 0.15) is 5.75 Å². The Labute approximate surface area is 133 Å². The molecule has 4 nitrogen and oxygen atoms in total. The molecule has 2 N–H and O–H groups in total. The Morgan fingerprint density at radius 3 is 2.52 bits per heavy atom. The Balaban J connectivity index is 0.00000400. The topological polar surface area (TPSA) is 55.6 Å². The quantitative estimate of drug-likeness (QED) is 0.751. The Morgan fingerprint density at radius 1 is 1.43 bits per heavy atom. The van der Waals surface area contributed by atoms with Gasteiger partial charge in [-0.15, -0.1) is 19.0 Å². The first kappa shape index (κ1) is 19.5. The molecule has 0 saturated heterocycles. The van der Waals surface area contributed by atoms with Crippen molar-refractivity contribution in [1.82, 2.24) is 4.90 Å². The highest BCUT2D eigenvalue weighted by atomic mass is 35.5. The molecule has 1 aromatic rings. The van der Waals surface area contributed by atoms with Crippen LogP contribution in [0.4, 0.5) is 0 Å². The first-order chi connectivity index (χ1) is 9.62. The Morgan fingerprint density at radius 2 is 2.05 bits per heavy atom. The van der Waals surface area contributed by atoms with Crippen molar-refractivity contribution in [3.05, 3.63) is 42.5 Å². The first-order valence-corrected chi connectivity index (χ1v) is 6.90. The second-order valence-corrected chi connectivity index (χ2v) is 4.75. The average molecular weight is 313 g/mol. The number of hydrogen-bond donors (Lipinski definition) is 1. The molecule has 1 rings (SSSR count). The number of amides is 1. The minimum Gasteiger partial charge on any atom is -0.497 e. The van der Waals surface area contributed by atoms with E-state index in [9.17, 15) is 4.79 Å². The molecule has 0 bridgehead atoms. The monoisotopic (exact) mass is 312 g/mol. The highest BCUT2D eigenvalue weighted by molar-refractivity contribution is 5.85. The predicted molar refractivity (Wildman–Crippen MR) is 88.7 cm³/mol. The molecule has 0 heterocycles. The van der Waals surface area contributed by atoms with E-state index >= 15 is 0 Å². The molecular weight excluding hydrogens is 288 g/mol. The van der Waals surface area contributed by atoms with E-state index < -0.39 is 6.04 Å². The van der Waals surface area contributed by atoms with Crippen molar-refractivity contribution in [3.63, 3.8) is 0 Å². The summed E-state index contributed by atoms with van der Waals surface area (Å²) in [7, 11) is 1.63. The van der Waals surface area contributed by atoms with E-state index in [4.69, 9.17) is 10.5 Å². The molecule has 118 valence electrons. The van der Waals surface area contributed by atoms with E-state index in [1.54, 1.807) is 18.1 Å². The van der Waals surface area contributed by atoms with Crippen molar-refractivity contribution in [2.45, 2.75) is 32.4 Å². The summed E-state index contributed by atoms with van der Waals surface area (Å²) in [6.07, 6.45) is 3.33. The summed E-state index contributed by atoms with van der Waals surface area (Å²) < 4.78 is 5.12. The molecule has 1 aromatic carbocycles. The number of carbonyl (C=O) groups excluding carboxylic acids is 1. The number of nitrogens with two attached hydrogens (primary N) is 1. The molecule has 21 heavy (non-hydrogen) atoms. The van der Waals surface area contributed by atoms with Gasteiger partial charge < -0.3 is 15.4 Å². The molecule has 1 amide bonds. The van der Waals surface area contributed by atoms with E-state index in [-0.39, 0.29) is 18.3 Å². The Kier molecular flexibility index (Phi) is 9.50. The van der Waals surface area contributed by atoms with E-state index in [0.717, 1.165) is 17.7 Å². The van der Waals surface area contributed by atoms with Crippen molar-refractivity contribution in [3.8, 4) is 5.75 Å². The summed E-state index contributed by atoms with van der Waals surface area (Å²) in [5.41, 5.74) is 6.96. The fourth-order valence-electron chi connectivity index (χ4n) is 2.01. The average Bonchev–Trinajstić information content (AvgIpc) is 2.47. The number of nitrogens with zero attached hydrogens (tertiary/aromatic N) is 1. The molecule has 0 aliphatic rings. The van der Waals surface area contributed by atoms with Gasteiger partial charge in [0, 0.05) is 13.1 Å². The molecular formula is C16H25ClN2O2. The highest BCUT2D eigenvalue weighted by Crippen LogP contribution is 2.14. The number of methoxy groups -OCH3 is 1. The van der Waals surface area contributed by atoms with Crippen LogP contribution in [0, 0.1) is 0 Å². The van der Waals surface area contributed by atoms with E-state index in [2.05, 4.69) is 6.58 Å². The van der Waals surface area contributed by atoms with Crippen LogP contribution in [-0.2, 0) is 11.3 Å². The van der Waals surface area contributed by atoms with Crippen molar-refractivity contribution >= 4 is 18.3 Å². The standard InChI is InChI=1S/C16H24N2O2.ClH/c1-4-6-15(17)16(19)18(11-5-2)12-13-7-9-14(20-3)10-8-13;/h5,7-10,15H,2,4,6,11-12,17H2,1,3H3;1H. The minimum atomic E-state index is -0.432. The van der Waals surface area contributed by atoms with E-state index in [1.807, 2.05) is 31.2 Å². The fourth-order valence-corrected chi connectivity index (χ4v) is 2.01. The Hall–Kier alpha value is -1.52. The van der Waals surface area contributed by atoms with E-state index in [1.165, 1.54) is 0 Å². The number of rotatable bonds is 8. The maximum Gasteiger partial charge on any atom is 0.240 e. The summed E-state index contributed by atoms with van der Waals surface area (Å²) >= 11 is 0. The van der Waals surface area contributed by atoms with Gasteiger partial charge in [-0.2, -0.15) is 0 Å². The molecule has 0 aliphatic heterocycles. The number of benzene rings is 1. The molecule has 0 aromatic heterocycles. The molecule has 1 atom stereocenters. The third kappa shape index (κ3) is 6.19. The largest absolute Gasteiger partial charge is 0.497 e. The lowest BCUT2D eigenvalue weighted by molar-refractivity contribution is -0.132. The van der Waals surface area contributed by atoms with Crippen molar-refractivity contribution in [1.29, 1.82) is 0 Å². The fraction of sp³-hybridized carbons (Fsp3) is 0.438. The SMILES string of the molecule is C=CCN(Cc1ccc(OC)cc1)C(=O)C(N)CCC.Cl. The second kappa shape index (κ2) is 10.2. The summed E-state index contributed by atoms with van der Waals surface area (Å²) in [5, 5.41) is 0. The molecule has 0 radical (unpaired) electrons. The number of hydrogen-bond acceptors (Lipinski definition) is 3. The summed E-state index contributed by atoms with van der Waals surface area (Å²) in [4.78, 5) is 14.0. The zero-order valence-corrected chi connectivity index (χ0v) is 13.6. The van der Waals surface area contributed by atoms with Crippen LogP contribution in [0.15, 0.2) is 36.9 Å². The summed E-state index contributed by atoms with van der Waals surface area (Å²) in [5.74, 6) is 0.778. The Bertz CT molecular complexity index is 434. The van der Waals surface area contributed by atoms with Crippen LogP contribution in [0.2, 0.25) is 0 Å². The van der Waals surface area contributed by atoms with E-state index in [0.29, 0.717) is 19.5 Å². The summed E-state index contributed by atoms with van der Waals surface area (Å²) in [6.45, 7) is 6.76. The smallest absolute Gasteiger partial charge is 0.240 e. The molecule has 0 fully saturated rings. The van der Waals surface area contributed by atoms with Crippen LogP contribution >= 0.6 is 12.4 Å². The van der Waals surface area contributed by atoms with Crippen molar-refractivity contribution in [2.24, 2.45) is 5.73 Å². The lowest BCUT2D eigenvalue weighted by Crippen LogP contribution is -2.43. The molecule has 5 heteroatoms. The van der Waals surface area contributed by atoms with Gasteiger partial charge in [0.2, 0.25) is 5.91 Å². The molecule has 0 saturated carbocycles. The zero-order chi connectivity index (χ0) is 15.0. The second-order valence-electron chi connectivity index (χ2n) is 4.75. The molecule has 0 spiro atoms. The van der Waals surface area contributed by atoms with Crippen molar-refractivity contribution in [2.75, 3.05) is 13.7 Å². The number of ether oxygens (including phenoxy) is 1. The predicted octanol–water partition coefficient (Wildman–Crippen LogP) is 2.76. The number of halogens is 1. The zero-order valence-electron chi connectivity index (χ0n) is 12.7. The van der Waals surface area contributed by atoms with Gasteiger partial charge in [-0.3, -0.25) is 4.79 Å². The van der Waals surface area contributed by atoms with Crippen LogP contribution in [0.25, 0.3) is 0 Å². The number of carbonyl (C=O) groups is 1. The normalized spacial score (nSPS) is 11.2. The minimum absolute atomic E-state index is 0. The van der Waals surface area contributed by atoms with Crippen LogP contribution in [0.3, 0.4) is 0 Å². The van der Waals surface area contributed by atoms with Gasteiger partial charge in [0.05, 0.1) is 13.2 Å². The van der Waals surface area contributed by atoms with Crippen LogP contribution < -0.4 is 10.5 Å².